The van der Waals surface area contributed by atoms with Crippen molar-refractivity contribution in [3.05, 3.63) is 52.8 Å². The van der Waals surface area contributed by atoms with Crippen molar-refractivity contribution in [2.75, 3.05) is 0 Å². The molecule has 24 heavy (non-hydrogen) atoms. The molecule has 0 radical (unpaired) electrons. The predicted octanol–water partition coefficient (Wildman–Crippen LogP) is 2.90. The highest BCUT2D eigenvalue weighted by Crippen LogP contribution is 2.32. The van der Waals surface area contributed by atoms with Crippen molar-refractivity contribution in [1.29, 1.82) is 0 Å². The standard InChI is InChI=1S/C19H26N4O/c1-19(2,3)23-17-9-5-8-16(15(17)12-22-23)21-11-13-6-4-7-14(10-13)18(20)24/h4,6-7,10,12,16,21H,5,8-9,11H2,1-3H3,(H2,20,24)/t16-/m0/s1. The van der Waals surface area contributed by atoms with Gasteiger partial charge in [0.2, 0.25) is 5.91 Å². The fourth-order valence-electron chi connectivity index (χ4n) is 3.42. The average molecular weight is 326 g/mol. The maximum absolute atomic E-state index is 11.3. The zero-order chi connectivity index (χ0) is 17.3. The Bertz CT molecular complexity index is 742. The highest BCUT2D eigenvalue weighted by Gasteiger charge is 2.27. The molecule has 5 heteroatoms. The van der Waals surface area contributed by atoms with Gasteiger partial charge in [0.05, 0.1) is 11.7 Å². The number of nitrogens with zero attached hydrogens (tertiary/aromatic N) is 2. The maximum Gasteiger partial charge on any atom is 0.248 e. The molecule has 0 spiro atoms. The van der Waals surface area contributed by atoms with Gasteiger partial charge in [0.25, 0.3) is 0 Å². The van der Waals surface area contributed by atoms with Crippen molar-refractivity contribution in [2.45, 2.75) is 58.2 Å². The van der Waals surface area contributed by atoms with Gasteiger partial charge >= 0.3 is 0 Å². The average Bonchev–Trinajstić information content (AvgIpc) is 2.98. The lowest BCUT2D eigenvalue weighted by Gasteiger charge is -2.28. The van der Waals surface area contributed by atoms with E-state index >= 15 is 0 Å². The quantitative estimate of drug-likeness (QED) is 0.907. The second-order valence-electron chi connectivity index (χ2n) is 7.52. The van der Waals surface area contributed by atoms with Crippen LogP contribution in [0.3, 0.4) is 0 Å². The van der Waals surface area contributed by atoms with Gasteiger partial charge in [0, 0.05) is 29.4 Å². The van der Waals surface area contributed by atoms with Gasteiger partial charge in [-0.05, 0) is 57.7 Å². The fraction of sp³-hybridized carbons (Fsp3) is 0.474. The van der Waals surface area contributed by atoms with E-state index < -0.39 is 0 Å². The number of carbonyl (C=O) groups is 1. The minimum Gasteiger partial charge on any atom is -0.366 e. The topological polar surface area (TPSA) is 72.9 Å². The molecular formula is C19H26N4O. The van der Waals surface area contributed by atoms with E-state index in [4.69, 9.17) is 5.73 Å². The Hall–Kier alpha value is -2.14. The zero-order valence-corrected chi connectivity index (χ0v) is 14.7. The summed E-state index contributed by atoms with van der Waals surface area (Å²) >= 11 is 0. The lowest BCUT2D eigenvalue weighted by atomic mass is 9.92. The van der Waals surface area contributed by atoms with Crippen molar-refractivity contribution in [3.8, 4) is 0 Å². The molecule has 5 nitrogen and oxygen atoms in total. The van der Waals surface area contributed by atoms with Gasteiger partial charge in [-0.15, -0.1) is 0 Å². The Balaban J connectivity index is 1.75. The minimum atomic E-state index is -0.386. The number of amides is 1. The lowest BCUT2D eigenvalue weighted by molar-refractivity contribution is 0.1000. The van der Waals surface area contributed by atoms with Crippen LogP contribution < -0.4 is 11.1 Å². The first-order valence-corrected chi connectivity index (χ1v) is 8.55. The summed E-state index contributed by atoms with van der Waals surface area (Å²) < 4.78 is 2.16. The molecule has 1 aromatic heterocycles. The maximum atomic E-state index is 11.3. The fourth-order valence-corrected chi connectivity index (χ4v) is 3.42. The summed E-state index contributed by atoms with van der Waals surface area (Å²) in [4.78, 5) is 11.3. The van der Waals surface area contributed by atoms with Crippen molar-refractivity contribution in [1.82, 2.24) is 15.1 Å². The van der Waals surface area contributed by atoms with Crippen LogP contribution in [0.15, 0.2) is 30.5 Å². The van der Waals surface area contributed by atoms with Crippen LogP contribution in [0.5, 0.6) is 0 Å². The molecule has 0 aliphatic heterocycles. The highest BCUT2D eigenvalue weighted by atomic mass is 16.1. The normalized spacial score (nSPS) is 17.5. The number of hydrogen-bond acceptors (Lipinski definition) is 3. The molecule has 1 heterocycles. The summed E-state index contributed by atoms with van der Waals surface area (Å²) in [6, 6.07) is 7.81. The molecule has 1 aliphatic rings. The van der Waals surface area contributed by atoms with Crippen molar-refractivity contribution >= 4 is 5.91 Å². The number of benzene rings is 1. The third-order valence-electron chi connectivity index (χ3n) is 4.58. The monoisotopic (exact) mass is 326 g/mol. The Morgan fingerprint density at radius 3 is 2.92 bits per heavy atom. The van der Waals surface area contributed by atoms with Crippen molar-refractivity contribution in [2.24, 2.45) is 5.73 Å². The van der Waals surface area contributed by atoms with Crippen LogP contribution in [0.2, 0.25) is 0 Å². The number of primary amides is 1. The SMILES string of the molecule is CC(C)(C)n1ncc2c1CCC[C@@H]2NCc1cccc(C(N)=O)c1. The third kappa shape index (κ3) is 3.36. The van der Waals surface area contributed by atoms with Crippen LogP contribution in [0.25, 0.3) is 0 Å². The summed E-state index contributed by atoms with van der Waals surface area (Å²) in [6.07, 6.45) is 5.37. The molecule has 3 rings (SSSR count). The number of rotatable bonds is 4. The van der Waals surface area contributed by atoms with Gasteiger partial charge in [-0.2, -0.15) is 5.10 Å². The van der Waals surface area contributed by atoms with Gasteiger partial charge in [-0.1, -0.05) is 12.1 Å². The van der Waals surface area contributed by atoms with Crippen LogP contribution in [0.4, 0.5) is 0 Å². The number of nitrogens with two attached hydrogens (primary N) is 1. The van der Waals surface area contributed by atoms with Crippen LogP contribution in [0, 0.1) is 0 Å². The van der Waals surface area contributed by atoms with E-state index in [-0.39, 0.29) is 11.4 Å². The second kappa shape index (κ2) is 6.40. The van der Waals surface area contributed by atoms with Crippen LogP contribution in [-0.2, 0) is 18.5 Å². The predicted molar refractivity (Wildman–Crippen MR) is 94.7 cm³/mol. The summed E-state index contributed by atoms with van der Waals surface area (Å²) in [5, 5.41) is 8.25. The van der Waals surface area contributed by atoms with Gasteiger partial charge in [-0.25, -0.2) is 0 Å². The van der Waals surface area contributed by atoms with Crippen LogP contribution in [-0.4, -0.2) is 15.7 Å². The molecule has 128 valence electrons. The summed E-state index contributed by atoms with van der Waals surface area (Å²) in [6.45, 7) is 7.28. The van der Waals surface area contributed by atoms with Gasteiger partial charge in [-0.3, -0.25) is 9.48 Å². The van der Waals surface area contributed by atoms with E-state index in [2.05, 4.69) is 35.9 Å². The highest BCUT2D eigenvalue weighted by molar-refractivity contribution is 5.92. The molecule has 1 atom stereocenters. The summed E-state index contributed by atoms with van der Waals surface area (Å²) in [7, 11) is 0. The van der Waals surface area contributed by atoms with E-state index in [9.17, 15) is 4.79 Å². The Labute approximate surface area is 143 Å². The van der Waals surface area contributed by atoms with Gasteiger partial charge in [0.1, 0.15) is 0 Å². The molecule has 0 saturated carbocycles. The Morgan fingerprint density at radius 2 is 2.21 bits per heavy atom. The number of fused-ring (bicyclic) bond motifs is 1. The van der Waals surface area contributed by atoms with E-state index in [0.29, 0.717) is 18.2 Å². The van der Waals surface area contributed by atoms with Gasteiger partial charge in [0.15, 0.2) is 0 Å². The largest absolute Gasteiger partial charge is 0.366 e. The first-order chi connectivity index (χ1) is 11.4. The molecule has 1 amide bonds. The second-order valence-corrected chi connectivity index (χ2v) is 7.52. The van der Waals surface area contributed by atoms with Crippen molar-refractivity contribution < 1.29 is 4.79 Å². The zero-order valence-electron chi connectivity index (χ0n) is 14.7. The molecule has 3 N–H and O–H groups in total. The Kier molecular flexibility index (Phi) is 4.45. The lowest BCUT2D eigenvalue weighted by Crippen LogP contribution is -2.29. The smallest absolute Gasteiger partial charge is 0.248 e. The van der Waals surface area contributed by atoms with Crippen LogP contribution in [0.1, 0.15) is 66.8 Å². The molecule has 1 aliphatic carbocycles. The third-order valence-corrected chi connectivity index (χ3v) is 4.58. The molecule has 2 aromatic rings. The number of carbonyl (C=O) groups excluding carboxylic acids is 1. The molecule has 1 aromatic carbocycles. The molecular weight excluding hydrogens is 300 g/mol. The Morgan fingerprint density at radius 1 is 1.42 bits per heavy atom. The molecule has 0 saturated heterocycles. The first kappa shape index (κ1) is 16.7. The molecule has 0 unspecified atom stereocenters. The number of aromatic nitrogens is 2. The summed E-state index contributed by atoms with van der Waals surface area (Å²) in [5.74, 6) is -0.386. The number of hydrogen-bond donors (Lipinski definition) is 2. The molecule has 0 bridgehead atoms. The minimum absolute atomic E-state index is 0.00525. The molecule has 0 fully saturated rings. The van der Waals surface area contributed by atoms with Crippen molar-refractivity contribution in [3.63, 3.8) is 0 Å². The number of nitrogens with one attached hydrogen (secondary N) is 1. The van der Waals surface area contributed by atoms with Crippen LogP contribution >= 0.6 is 0 Å². The van der Waals surface area contributed by atoms with E-state index in [1.807, 2.05) is 24.4 Å². The van der Waals surface area contributed by atoms with Gasteiger partial charge < -0.3 is 11.1 Å². The summed E-state index contributed by atoms with van der Waals surface area (Å²) in [5.41, 5.74) is 9.64. The van der Waals surface area contributed by atoms with E-state index in [1.165, 1.54) is 11.3 Å². The van der Waals surface area contributed by atoms with E-state index in [1.54, 1.807) is 6.07 Å². The van der Waals surface area contributed by atoms with E-state index in [0.717, 1.165) is 24.8 Å². The first-order valence-electron chi connectivity index (χ1n) is 8.55.